The summed E-state index contributed by atoms with van der Waals surface area (Å²) in [7, 11) is 5.49. The van der Waals surface area contributed by atoms with Crippen LogP contribution in [0.25, 0.3) is 0 Å². The Morgan fingerprint density at radius 2 is 1.02 bits per heavy atom. The average Bonchev–Trinajstić information content (AvgIpc) is 3.17. The van der Waals surface area contributed by atoms with Crippen molar-refractivity contribution in [2.75, 3.05) is 41.0 Å². The Kier molecular flexibility index (Phi) is 36.9. The minimum Gasteiger partial charge on any atom is -0.477 e. The largest absolute Gasteiger partial charge is 0.477 e. The quantitative estimate of drug-likeness (QED) is 0.0287. The monoisotopic (exact) mass is 797 g/mol. The number of quaternary nitrogens is 1. The third kappa shape index (κ3) is 37.8. The molecule has 0 rings (SSSR count). The van der Waals surface area contributed by atoms with E-state index in [0.29, 0.717) is 19.3 Å². The molecule has 0 aromatic heterocycles. The van der Waals surface area contributed by atoms with Gasteiger partial charge in [0, 0.05) is 19.3 Å². The maximum atomic E-state index is 12.7. The van der Waals surface area contributed by atoms with Crippen molar-refractivity contribution in [3.05, 3.63) is 85.1 Å². The van der Waals surface area contributed by atoms with Crippen LogP contribution in [0, 0.1) is 0 Å². The van der Waals surface area contributed by atoms with Crippen molar-refractivity contribution in [2.24, 2.45) is 0 Å². The molecule has 0 aromatic rings. The van der Waals surface area contributed by atoms with Gasteiger partial charge in [-0.15, -0.1) is 0 Å². The van der Waals surface area contributed by atoms with E-state index in [-0.39, 0.29) is 36.7 Å². The Labute approximate surface area is 348 Å². The lowest BCUT2D eigenvalue weighted by atomic mass is 10.1. The number of likely N-dealkylation sites (N-methyl/N-ethyl adjacent to an activating group) is 1. The third-order valence-electron chi connectivity index (χ3n) is 9.29. The van der Waals surface area contributed by atoms with Crippen LogP contribution >= 0.6 is 0 Å². The fourth-order valence-electron chi connectivity index (χ4n) is 5.87. The average molecular weight is 797 g/mol. The van der Waals surface area contributed by atoms with Gasteiger partial charge in [-0.1, -0.05) is 144 Å². The Morgan fingerprint density at radius 3 is 1.53 bits per heavy atom. The first-order valence-corrected chi connectivity index (χ1v) is 22.1. The predicted octanol–water partition coefficient (Wildman–Crippen LogP) is 12.1. The highest BCUT2D eigenvalue weighted by atomic mass is 16.6. The molecule has 2 atom stereocenters. The molecule has 8 heteroatoms. The first-order valence-electron chi connectivity index (χ1n) is 22.1. The number of hydrogen-bond donors (Lipinski definition) is 1. The first kappa shape index (κ1) is 53.5. The van der Waals surface area contributed by atoms with Gasteiger partial charge in [0.25, 0.3) is 0 Å². The van der Waals surface area contributed by atoms with E-state index in [1.807, 2.05) is 33.3 Å². The molecule has 0 saturated heterocycles. The lowest BCUT2D eigenvalue weighted by Crippen LogP contribution is -2.50. The molecule has 0 amide bonds. The molecule has 0 radical (unpaired) electrons. The van der Waals surface area contributed by atoms with Gasteiger partial charge in [-0.05, 0) is 77.0 Å². The molecule has 0 aliphatic carbocycles. The molecule has 0 aliphatic heterocycles. The highest BCUT2D eigenvalue weighted by Crippen LogP contribution is 2.12. The number of carbonyl (C=O) groups excluding carboxylic acids is 2. The zero-order valence-corrected chi connectivity index (χ0v) is 36.8. The maximum absolute atomic E-state index is 12.7. The SMILES string of the molecule is CC/C=C\C/C=C\C/C=C\C/C=C\C/C=C\C/C=C\CCC(=O)OC(COCCC(C(=O)O)[N+](C)(C)C)COC(=O)CCCCCCC/C=C\CCCCCCC. The molecule has 2 unspecified atom stereocenters. The summed E-state index contributed by atoms with van der Waals surface area (Å²) in [5, 5.41) is 9.62. The number of ether oxygens (including phenoxy) is 3. The normalized spacial score (nSPS) is 13.8. The number of rotatable bonds is 38. The number of esters is 2. The van der Waals surface area contributed by atoms with Crippen LogP contribution in [0.2, 0.25) is 0 Å². The topological polar surface area (TPSA) is 99.1 Å². The second kappa shape index (κ2) is 39.3. The Bertz CT molecular complexity index is 1200. The highest BCUT2D eigenvalue weighted by molar-refractivity contribution is 5.72. The van der Waals surface area contributed by atoms with Crippen LogP contribution < -0.4 is 0 Å². The van der Waals surface area contributed by atoms with E-state index in [0.717, 1.165) is 70.6 Å². The Balaban J connectivity index is 4.51. The summed E-state index contributed by atoms with van der Waals surface area (Å²) < 4.78 is 17.2. The summed E-state index contributed by atoms with van der Waals surface area (Å²) in [4.78, 5) is 36.9. The summed E-state index contributed by atoms with van der Waals surface area (Å²) in [5.41, 5.74) is 0. The predicted molar refractivity (Wildman–Crippen MR) is 238 cm³/mol. The van der Waals surface area contributed by atoms with Crippen LogP contribution in [-0.2, 0) is 28.6 Å². The van der Waals surface area contributed by atoms with Gasteiger partial charge in [-0.2, -0.15) is 0 Å². The zero-order valence-electron chi connectivity index (χ0n) is 36.8. The molecule has 0 fully saturated rings. The second-order valence-corrected chi connectivity index (χ2v) is 15.6. The van der Waals surface area contributed by atoms with Gasteiger partial charge in [0.1, 0.15) is 6.61 Å². The van der Waals surface area contributed by atoms with Gasteiger partial charge in [0.05, 0.1) is 34.4 Å². The number of aliphatic carboxylic acids is 1. The Hall–Kier alpha value is -3.49. The van der Waals surface area contributed by atoms with Crippen LogP contribution in [0.1, 0.15) is 155 Å². The van der Waals surface area contributed by atoms with Gasteiger partial charge in [0.15, 0.2) is 12.1 Å². The van der Waals surface area contributed by atoms with Gasteiger partial charge in [0.2, 0.25) is 0 Å². The summed E-state index contributed by atoms with van der Waals surface area (Å²) in [5.74, 6) is -1.60. The molecular formula is C49H82NO7+. The van der Waals surface area contributed by atoms with Crippen LogP contribution in [0.3, 0.4) is 0 Å². The molecule has 0 aromatic carbocycles. The summed E-state index contributed by atoms with van der Waals surface area (Å²) in [6.45, 7) is 4.50. The lowest BCUT2D eigenvalue weighted by Gasteiger charge is -2.31. The van der Waals surface area contributed by atoms with E-state index >= 15 is 0 Å². The minimum atomic E-state index is -0.891. The molecule has 0 saturated carbocycles. The number of nitrogens with zero attached hydrogens (tertiary/aromatic N) is 1. The number of carbonyl (C=O) groups is 3. The number of unbranched alkanes of at least 4 members (excludes halogenated alkanes) is 10. The molecule has 1 N–H and O–H groups in total. The minimum absolute atomic E-state index is 0.0235. The zero-order chi connectivity index (χ0) is 42.1. The molecule has 57 heavy (non-hydrogen) atoms. The van der Waals surface area contributed by atoms with E-state index in [4.69, 9.17) is 14.2 Å². The Morgan fingerprint density at radius 1 is 0.544 bits per heavy atom. The van der Waals surface area contributed by atoms with Crippen molar-refractivity contribution in [3.8, 4) is 0 Å². The molecule has 324 valence electrons. The third-order valence-corrected chi connectivity index (χ3v) is 9.29. The van der Waals surface area contributed by atoms with Crippen molar-refractivity contribution >= 4 is 17.9 Å². The van der Waals surface area contributed by atoms with E-state index in [2.05, 4.69) is 86.8 Å². The molecule has 0 heterocycles. The summed E-state index contributed by atoms with van der Waals surface area (Å²) >= 11 is 0. The summed E-state index contributed by atoms with van der Waals surface area (Å²) in [6.07, 6.45) is 50.7. The molecule has 0 bridgehead atoms. The number of carboxylic acids is 1. The maximum Gasteiger partial charge on any atom is 0.362 e. The highest BCUT2D eigenvalue weighted by Gasteiger charge is 2.31. The van der Waals surface area contributed by atoms with Gasteiger partial charge < -0.3 is 23.8 Å². The van der Waals surface area contributed by atoms with Gasteiger partial charge >= 0.3 is 17.9 Å². The smallest absolute Gasteiger partial charge is 0.362 e. The van der Waals surface area contributed by atoms with Crippen molar-refractivity contribution < 1.29 is 38.2 Å². The van der Waals surface area contributed by atoms with Crippen molar-refractivity contribution in [3.63, 3.8) is 0 Å². The fourth-order valence-corrected chi connectivity index (χ4v) is 5.87. The molecular weight excluding hydrogens is 715 g/mol. The van der Waals surface area contributed by atoms with Gasteiger partial charge in [-0.3, -0.25) is 9.59 Å². The van der Waals surface area contributed by atoms with Crippen molar-refractivity contribution in [1.29, 1.82) is 0 Å². The number of carboxylic acid groups (broad SMARTS) is 1. The lowest BCUT2D eigenvalue weighted by molar-refractivity contribution is -0.887. The van der Waals surface area contributed by atoms with E-state index < -0.39 is 24.1 Å². The van der Waals surface area contributed by atoms with Crippen LogP contribution in [0.15, 0.2) is 85.1 Å². The van der Waals surface area contributed by atoms with Crippen molar-refractivity contribution in [2.45, 2.75) is 167 Å². The van der Waals surface area contributed by atoms with Crippen LogP contribution in [0.5, 0.6) is 0 Å². The van der Waals surface area contributed by atoms with Gasteiger partial charge in [-0.25, -0.2) is 4.79 Å². The first-order chi connectivity index (χ1) is 27.6. The van der Waals surface area contributed by atoms with E-state index in [1.165, 1.54) is 44.9 Å². The number of allylic oxidation sites excluding steroid dienone is 14. The van der Waals surface area contributed by atoms with E-state index in [9.17, 15) is 19.5 Å². The van der Waals surface area contributed by atoms with Crippen molar-refractivity contribution in [1.82, 2.24) is 0 Å². The standard InChI is InChI=1S/C49H81NO7/c1-6-8-10-12-14-16-18-20-22-23-24-25-26-28-30-32-34-36-38-40-48(52)57-45(43-55-42-41-46(49(53)54)50(3,4)5)44-56-47(51)39-37-35-33-31-29-27-21-19-17-15-13-11-9-7-2/h8,10,14,16,19-22,24-25,28,30,34,36,45-46H,6-7,9,11-13,15,17-18,23,26-27,29,31-33,35,37-44H2,1-5H3/p+1/b10-8-,16-14-,21-19-,22-20-,25-24-,30-28-,36-34-. The summed E-state index contributed by atoms with van der Waals surface area (Å²) in [6, 6.07) is -0.633. The fraction of sp³-hybridized carbons (Fsp3) is 0.653. The van der Waals surface area contributed by atoms with Crippen LogP contribution in [0.4, 0.5) is 0 Å². The number of hydrogen-bond acceptors (Lipinski definition) is 6. The molecule has 0 spiro atoms. The molecule has 0 aliphatic rings. The second-order valence-electron chi connectivity index (χ2n) is 15.6. The van der Waals surface area contributed by atoms with E-state index in [1.54, 1.807) is 0 Å². The van der Waals surface area contributed by atoms with Crippen LogP contribution in [-0.4, -0.2) is 80.6 Å². The molecule has 8 nitrogen and oxygen atoms in total.